The van der Waals surface area contributed by atoms with Crippen LogP contribution in [-0.2, 0) is 4.79 Å². The van der Waals surface area contributed by atoms with Crippen molar-refractivity contribution in [2.24, 2.45) is 17.8 Å². The van der Waals surface area contributed by atoms with Crippen LogP contribution in [-0.4, -0.2) is 30.3 Å². The van der Waals surface area contributed by atoms with Crippen molar-refractivity contribution in [3.63, 3.8) is 0 Å². The van der Waals surface area contributed by atoms with Crippen molar-refractivity contribution in [1.82, 2.24) is 4.90 Å². The highest BCUT2D eigenvalue weighted by Gasteiger charge is 2.33. The highest BCUT2D eigenvalue weighted by Crippen LogP contribution is 2.36. The van der Waals surface area contributed by atoms with Gasteiger partial charge in [-0.1, -0.05) is 25.7 Å². The van der Waals surface area contributed by atoms with Gasteiger partial charge in [0.2, 0.25) is 0 Å². The fraction of sp³-hybridized carbons (Fsp3) is 0.938. The average Bonchev–Trinajstić information content (AvgIpc) is 2.41. The first kappa shape index (κ1) is 12.7. The molecule has 2 heteroatoms. The van der Waals surface area contributed by atoms with Gasteiger partial charge in [0.05, 0.1) is 0 Å². The molecule has 0 aromatic carbocycles. The first-order chi connectivity index (χ1) is 8.83. The lowest BCUT2D eigenvalue weighted by atomic mass is 9.75. The van der Waals surface area contributed by atoms with Crippen molar-refractivity contribution in [1.29, 1.82) is 0 Å². The fourth-order valence-corrected chi connectivity index (χ4v) is 4.40. The maximum atomic E-state index is 11.9. The zero-order valence-corrected chi connectivity index (χ0v) is 11.6. The predicted octanol–water partition coefficient (Wildman–Crippen LogP) is 3.26. The van der Waals surface area contributed by atoms with Gasteiger partial charge in [-0.25, -0.2) is 0 Å². The molecule has 3 aliphatic rings. The summed E-state index contributed by atoms with van der Waals surface area (Å²) >= 11 is 0. The third kappa shape index (κ3) is 2.79. The Morgan fingerprint density at radius 2 is 1.72 bits per heavy atom. The molecular formula is C16H27NO. The van der Waals surface area contributed by atoms with Gasteiger partial charge in [-0.3, -0.25) is 4.79 Å². The third-order valence-corrected chi connectivity index (χ3v) is 5.54. The number of nitrogens with zero attached hydrogens (tertiary/aromatic N) is 1. The standard InChI is InChI=1S/C16H27NO/c18-16-8-4-3-7-15(16)12-17-10-9-13-5-1-2-6-14(13)11-17/h13-15H,1-12H2. The molecule has 18 heavy (non-hydrogen) atoms. The molecule has 0 spiro atoms. The number of piperidine rings is 1. The van der Waals surface area contributed by atoms with E-state index in [9.17, 15) is 4.79 Å². The molecule has 102 valence electrons. The van der Waals surface area contributed by atoms with Gasteiger partial charge in [0, 0.05) is 25.4 Å². The Kier molecular flexibility index (Phi) is 4.03. The van der Waals surface area contributed by atoms with Crippen LogP contribution in [0.25, 0.3) is 0 Å². The monoisotopic (exact) mass is 249 g/mol. The molecule has 3 fully saturated rings. The second kappa shape index (κ2) is 5.73. The number of hydrogen-bond donors (Lipinski definition) is 0. The molecule has 1 aliphatic heterocycles. The number of likely N-dealkylation sites (tertiary alicyclic amines) is 1. The summed E-state index contributed by atoms with van der Waals surface area (Å²) in [6, 6.07) is 0. The predicted molar refractivity (Wildman–Crippen MR) is 73.5 cm³/mol. The maximum Gasteiger partial charge on any atom is 0.137 e. The molecule has 0 aromatic rings. The van der Waals surface area contributed by atoms with Gasteiger partial charge < -0.3 is 4.90 Å². The summed E-state index contributed by atoms with van der Waals surface area (Å²) in [5.41, 5.74) is 0. The molecule has 1 saturated heterocycles. The number of Topliss-reactive ketones (excluding diaryl/α,β-unsaturated/α-hetero) is 1. The first-order valence-corrected chi connectivity index (χ1v) is 8.08. The molecule has 0 bridgehead atoms. The van der Waals surface area contributed by atoms with E-state index in [1.165, 1.54) is 51.6 Å². The van der Waals surface area contributed by atoms with Crippen LogP contribution in [0.5, 0.6) is 0 Å². The molecule has 0 N–H and O–H groups in total. The van der Waals surface area contributed by atoms with Crippen molar-refractivity contribution in [2.45, 2.75) is 57.8 Å². The van der Waals surface area contributed by atoms with E-state index in [4.69, 9.17) is 0 Å². The van der Waals surface area contributed by atoms with E-state index in [0.29, 0.717) is 11.7 Å². The largest absolute Gasteiger partial charge is 0.302 e. The van der Waals surface area contributed by atoms with E-state index in [2.05, 4.69) is 4.90 Å². The summed E-state index contributed by atoms with van der Waals surface area (Å²) in [5, 5.41) is 0. The first-order valence-electron chi connectivity index (χ1n) is 8.08. The van der Waals surface area contributed by atoms with E-state index < -0.39 is 0 Å². The fourth-order valence-electron chi connectivity index (χ4n) is 4.40. The minimum atomic E-state index is 0.374. The van der Waals surface area contributed by atoms with E-state index in [1.54, 1.807) is 0 Å². The molecule has 0 aromatic heterocycles. The van der Waals surface area contributed by atoms with Crippen LogP contribution in [0.15, 0.2) is 0 Å². The molecule has 0 amide bonds. The lowest BCUT2D eigenvalue weighted by Crippen LogP contribution is -2.45. The van der Waals surface area contributed by atoms with Gasteiger partial charge in [-0.2, -0.15) is 0 Å². The zero-order chi connectivity index (χ0) is 12.4. The Morgan fingerprint density at radius 3 is 2.56 bits per heavy atom. The van der Waals surface area contributed by atoms with Crippen molar-refractivity contribution in [3.05, 3.63) is 0 Å². The maximum absolute atomic E-state index is 11.9. The minimum absolute atomic E-state index is 0.374. The summed E-state index contributed by atoms with van der Waals surface area (Å²) in [4.78, 5) is 14.5. The number of hydrogen-bond acceptors (Lipinski definition) is 2. The number of fused-ring (bicyclic) bond motifs is 1. The van der Waals surface area contributed by atoms with Gasteiger partial charge in [-0.15, -0.1) is 0 Å². The number of ketones is 1. The minimum Gasteiger partial charge on any atom is -0.302 e. The van der Waals surface area contributed by atoms with Crippen molar-refractivity contribution < 1.29 is 4.79 Å². The molecule has 3 rings (SSSR count). The Bertz CT molecular complexity index is 301. The summed E-state index contributed by atoms with van der Waals surface area (Å²) in [5.74, 6) is 2.88. The lowest BCUT2D eigenvalue weighted by Gasteiger charge is -2.42. The molecule has 2 nitrogen and oxygen atoms in total. The van der Waals surface area contributed by atoms with Crippen LogP contribution in [0.3, 0.4) is 0 Å². The van der Waals surface area contributed by atoms with E-state index in [-0.39, 0.29) is 0 Å². The van der Waals surface area contributed by atoms with E-state index >= 15 is 0 Å². The number of carbonyl (C=O) groups excluding carboxylic acids is 1. The zero-order valence-electron chi connectivity index (χ0n) is 11.6. The molecule has 2 aliphatic carbocycles. The molecule has 0 radical (unpaired) electrons. The normalized spacial score (nSPS) is 38.4. The second-order valence-electron chi connectivity index (χ2n) is 6.76. The smallest absolute Gasteiger partial charge is 0.137 e. The summed E-state index contributed by atoms with van der Waals surface area (Å²) in [6.07, 6.45) is 11.6. The number of carbonyl (C=O) groups is 1. The molecule has 3 unspecified atom stereocenters. The van der Waals surface area contributed by atoms with Crippen molar-refractivity contribution in [3.8, 4) is 0 Å². The number of rotatable bonds is 2. The molecule has 3 atom stereocenters. The van der Waals surface area contributed by atoms with Crippen LogP contribution < -0.4 is 0 Å². The van der Waals surface area contributed by atoms with Gasteiger partial charge >= 0.3 is 0 Å². The van der Waals surface area contributed by atoms with Crippen LogP contribution in [0.1, 0.15) is 57.8 Å². The van der Waals surface area contributed by atoms with E-state index in [0.717, 1.165) is 37.6 Å². The van der Waals surface area contributed by atoms with Crippen LogP contribution >= 0.6 is 0 Å². The van der Waals surface area contributed by atoms with Gasteiger partial charge in [0.25, 0.3) is 0 Å². The molecule has 1 heterocycles. The van der Waals surface area contributed by atoms with Crippen LogP contribution in [0.4, 0.5) is 0 Å². The SMILES string of the molecule is O=C1CCCCC1CN1CCC2CCCCC2C1. The highest BCUT2D eigenvalue weighted by atomic mass is 16.1. The molecular weight excluding hydrogens is 222 g/mol. The molecule has 2 saturated carbocycles. The summed E-state index contributed by atoms with van der Waals surface area (Å²) in [7, 11) is 0. The average molecular weight is 249 g/mol. The van der Waals surface area contributed by atoms with Gasteiger partial charge in [0.1, 0.15) is 5.78 Å². The van der Waals surface area contributed by atoms with Crippen molar-refractivity contribution in [2.75, 3.05) is 19.6 Å². The third-order valence-electron chi connectivity index (χ3n) is 5.54. The van der Waals surface area contributed by atoms with Crippen LogP contribution in [0, 0.1) is 17.8 Å². The quantitative estimate of drug-likeness (QED) is 0.748. The van der Waals surface area contributed by atoms with Gasteiger partial charge in [0.15, 0.2) is 0 Å². The lowest BCUT2D eigenvalue weighted by molar-refractivity contribution is -0.125. The van der Waals surface area contributed by atoms with Crippen LogP contribution in [0.2, 0.25) is 0 Å². The summed E-state index contributed by atoms with van der Waals surface area (Å²) in [6.45, 7) is 3.61. The topological polar surface area (TPSA) is 20.3 Å². The summed E-state index contributed by atoms with van der Waals surface area (Å²) < 4.78 is 0. The Balaban J connectivity index is 1.52. The Morgan fingerprint density at radius 1 is 0.944 bits per heavy atom. The van der Waals surface area contributed by atoms with Crippen molar-refractivity contribution >= 4 is 5.78 Å². The highest BCUT2D eigenvalue weighted by molar-refractivity contribution is 5.81. The van der Waals surface area contributed by atoms with Gasteiger partial charge in [-0.05, 0) is 44.1 Å². The Labute approximate surface area is 111 Å². The van der Waals surface area contributed by atoms with E-state index in [1.807, 2.05) is 0 Å². The second-order valence-corrected chi connectivity index (χ2v) is 6.76. The Hall–Kier alpha value is -0.370.